The number of carbonyl (C=O) groups is 9. The Labute approximate surface area is 779 Å². The van der Waals surface area contributed by atoms with E-state index in [1.807, 2.05) is 163 Å². The molecule has 6 fully saturated rings. The number of para-hydroxylation sites is 1. The summed E-state index contributed by atoms with van der Waals surface area (Å²) >= 11 is 0. The zero-order chi connectivity index (χ0) is 102. The Bertz CT molecular complexity index is 3870. The summed E-state index contributed by atoms with van der Waals surface area (Å²) in [7, 11) is 1.71. The van der Waals surface area contributed by atoms with E-state index in [-0.39, 0.29) is 132 Å². The van der Waals surface area contributed by atoms with Gasteiger partial charge < -0.3 is 54.8 Å². The fraction of sp³-hybridized carbons (Fsp3) is 0.730. The number of ether oxygens (including phenoxy) is 2. The van der Waals surface area contributed by atoms with Crippen molar-refractivity contribution >= 4 is 53.2 Å². The van der Waals surface area contributed by atoms with Crippen molar-refractivity contribution in [1.82, 2.24) is 45.3 Å². The van der Waals surface area contributed by atoms with Gasteiger partial charge in [-0.25, -0.2) is 22.0 Å². The number of benzene rings is 3. The number of alkyl halides is 10. The first-order valence-electron chi connectivity index (χ1n) is 45.2. The number of rotatable bonds is 7. The summed E-state index contributed by atoms with van der Waals surface area (Å²) in [5.41, 5.74) is -1.83. The smallest absolute Gasteiger partial charge is 0.416 e. The summed E-state index contributed by atoms with van der Waals surface area (Å²) in [6.07, 6.45) is -4.22. The number of methoxy groups -OCH3 is 1. The van der Waals surface area contributed by atoms with Gasteiger partial charge in [-0.1, -0.05) is 243 Å². The zero-order valence-electron chi connectivity index (χ0n) is 84.9. The second-order valence-electron chi connectivity index (χ2n) is 42.8. The Kier molecular flexibility index (Phi) is 53.4. The summed E-state index contributed by atoms with van der Waals surface area (Å²) in [6, 6.07) is 20.5. The number of carbonyl (C=O) groups excluding carboxylic acids is 9. The molecule has 3 aromatic carbocycles. The molecule has 0 radical (unpaired) electrons. The molecule has 5 saturated heterocycles. The lowest BCUT2D eigenvalue weighted by molar-refractivity contribution is -0.145. The van der Waals surface area contributed by atoms with Crippen molar-refractivity contribution in [2.45, 2.75) is 334 Å². The van der Waals surface area contributed by atoms with Gasteiger partial charge in [-0.15, -0.1) is 0 Å². The molecular formula is C100H168F11N9O11. The maximum Gasteiger partial charge on any atom is 0.416 e. The normalized spacial score (nSPS) is 17.4. The molecule has 756 valence electrons. The van der Waals surface area contributed by atoms with E-state index in [0.29, 0.717) is 57.6 Å². The van der Waals surface area contributed by atoms with Crippen LogP contribution in [0.4, 0.5) is 48.3 Å². The summed E-state index contributed by atoms with van der Waals surface area (Å²) in [5.74, 6) is -1.78. The average molecular weight is 1880 g/mol. The van der Waals surface area contributed by atoms with Gasteiger partial charge in [0.1, 0.15) is 30.0 Å². The predicted molar refractivity (Wildman–Crippen MR) is 503 cm³/mol. The minimum atomic E-state index is -4.40. The van der Waals surface area contributed by atoms with Crippen molar-refractivity contribution in [1.29, 1.82) is 0 Å². The third-order valence-electron chi connectivity index (χ3n) is 20.3. The average Bonchev–Trinajstić information content (AvgIpc) is 1.79. The fourth-order valence-corrected chi connectivity index (χ4v) is 12.0. The first-order chi connectivity index (χ1) is 58.7. The highest BCUT2D eigenvalue weighted by molar-refractivity contribution is 5.84. The zero-order valence-corrected chi connectivity index (χ0v) is 84.9. The van der Waals surface area contributed by atoms with Gasteiger partial charge in [-0.2, -0.15) is 26.3 Å². The van der Waals surface area contributed by atoms with Crippen molar-refractivity contribution in [3.05, 3.63) is 101 Å². The standard InChI is InChI=1S/C13H16F3NO.C11H16O.C10H17F2NO.C10H13F.C9H17NO2.C9H17NO.C9H19NO.C8H15NO.C7H12F3NO.C7H12FNO.C6H10FNO.CH4/c1-12(2,3)11(18)17-8-9-6-4-5-7-10(9)13(14,15)16;1-11(2,3)9-7-5-6-8-10(9)12-4;1-9(2,3)8(14)13-6-4-10(11,12)5-7-13;1-10(2,3)8-4-6-9(11)7-5-8;1-9(2,3)8(11)10-4-6-12-7-5-10;1-9(2,3)8(11)10-6-4-5-7-10;1-6-10(7-2)8(11)9(3,4)5;1-8(2,3)7(10)9-6-4-5-6;1-6(2,3)5(12)11-4-7(8,9)10;1-6(10)9-4-3-7(2,8)5-9;1-5(9)8-3-2-6(7)4-8;/h4-7H,8H2,1-3H3,(H,17,18);5-8H,1-4H3;4-7H2,1-3H3;4-7H,1-3H3;4-7H2,1-3H3;4-7H2,1-3H3;6-7H2,1-5H3;6H,4-5H2,1-3H3,(H,9,10);4H2,1-3H3,(H,11,12);3-5H2,1-2H3;6H,2-4H2,1H3;1H4. The van der Waals surface area contributed by atoms with E-state index < -0.39 is 64.4 Å². The highest BCUT2D eigenvalue weighted by atomic mass is 19.4. The second kappa shape index (κ2) is 55.0. The van der Waals surface area contributed by atoms with E-state index in [4.69, 9.17) is 9.47 Å². The molecule has 5 heterocycles. The van der Waals surface area contributed by atoms with Crippen molar-refractivity contribution in [3.63, 3.8) is 0 Å². The van der Waals surface area contributed by atoms with Crippen LogP contribution in [-0.2, 0) is 71.4 Å². The molecule has 31 heteroatoms. The van der Waals surface area contributed by atoms with Crippen LogP contribution < -0.4 is 20.7 Å². The van der Waals surface area contributed by atoms with Crippen LogP contribution in [0.5, 0.6) is 5.75 Å². The van der Waals surface area contributed by atoms with E-state index >= 15 is 0 Å². The Hall–Kier alpha value is -8.12. The minimum Gasteiger partial charge on any atom is -0.496 e. The number of halogens is 11. The van der Waals surface area contributed by atoms with Crippen molar-refractivity contribution in [3.8, 4) is 5.75 Å². The number of amides is 9. The van der Waals surface area contributed by atoms with Crippen LogP contribution in [0.1, 0.15) is 303 Å². The number of hydrogen-bond donors (Lipinski definition) is 3. The van der Waals surface area contributed by atoms with Gasteiger partial charge in [0.15, 0.2) is 0 Å². The van der Waals surface area contributed by atoms with Crippen LogP contribution in [0.15, 0.2) is 72.8 Å². The fourth-order valence-electron chi connectivity index (χ4n) is 12.0. The van der Waals surface area contributed by atoms with Crippen molar-refractivity contribution in [2.24, 2.45) is 37.9 Å². The van der Waals surface area contributed by atoms with Gasteiger partial charge in [0.25, 0.3) is 5.92 Å². The Morgan fingerprint density at radius 3 is 1.18 bits per heavy atom. The molecule has 6 aliphatic rings. The van der Waals surface area contributed by atoms with Gasteiger partial charge in [0.05, 0.1) is 39.0 Å². The van der Waals surface area contributed by atoms with Crippen LogP contribution in [0.3, 0.4) is 0 Å². The van der Waals surface area contributed by atoms with E-state index in [0.717, 1.165) is 51.1 Å². The number of nitrogens with one attached hydrogen (secondary N) is 3. The van der Waals surface area contributed by atoms with Crippen LogP contribution in [0, 0.1) is 43.7 Å². The first kappa shape index (κ1) is 127. The Balaban J connectivity index is -0.00000138. The summed E-state index contributed by atoms with van der Waals surface area (Å²) in [6.45, 7) is 67.2. The molecule has 5 aliphatic heterocycles. The number of hydrogen-bond acceptors (Lipinski definition) is 11. The van der Waals surface area contributed by atoms with Crippen LogP contribution in [-0.4, -0.2) is 218 Å². The molecule has 0 aromatic heterocycles. The van der Waals surface area contributed by atoms with Gasteiger partial charge in [-0.05, 0) is 105 Å². The minimum absolute atomic E-state index is 0. The summed E-state index contributed by atoms with van der Waals surface area (Å²) in [5, 5.41) is 7.27. The maximum atomic E-state index is 13.0. The van der Waals surface area contributed by atoms with E-state index in [1.165, 1.54) is 97.7 Å². The molecule has 1 aliphatic carbocycles. The van der Waals surface area contributed by atoms with Crippen LogP contribution >= 0.6 is 0 Å². The number of piperidine rings is 1. The third-order valence-corrected chi connectivity index (χ3v) is 20.3. The molecule has 131 heavy (non-hydrogen) atoms. The second-order valence-corrected chi connectivity index (χ2v) is 42.8. The number of nitrogens with zero attached hydrogens (tertiary/aromatic N) is 6. The Morgan fingerprint density at radius 1 is 0.473 bits per heavy atom. The number of likely N-dealkylation sites (tertiary alicyclic amines) is 4. The summed E-state index contributed by atoms with van der Waals surface area (Å²) in [4.78, 5) is 112. The Morgan fingerprint density at radius 2 is 0.870 bits per heavy atom. The largest absolute Gasteiger partial charge is 0.496 e. The molecular weight excluding hydrogens is 1710 g/mol. The molecule has 1 saturated carbocycles. The molecule has 9 amide bonds. The van der Waals surface area contributed by atoms with E-state index in [9.17, 15) is 91.4 Å². The topological polar surface area (TPSA) is 228 Å². The van der Waals surface area contributed by atoms with E-state index in [2.05, 4.69) is 58.2 Å². The lowest BCUT2D eigenvalue weighted by atomic mass is 9.86. The highest BCUT2D eigenvalue weighted by Gasteiger charge is 2.40. The van der Waals surface area contributed by atoms with Gasteiger partial charge in [0, 0.05) is 149 Å². The quantitative estimate of drug-likeness (QED) is 0.188. The third kappa shape index (κ3) is 54.7. The maximum absolute atomic E-state index is 13.0. The molecule has 3 N–H and O–H groups in total. The number of morpholine rings is 1. The molecule has 20 nitrogen and oxygen atoms in total. The summed E-state index contributed by atoms with van der Waals surface area (Å²) < 4.78 is 147. The van der Waals surface area contributed by atoms with Crippen molar-refractivity contribution in [2.75, 3.05) is 105 Å². The lowest BCUT2D eigenvalue weighted by Crippen LogP contribution is -2.46. The molecule has 0 bridgehead atoms. The molecule has 0 spiro atoms. The lowest BCUT2D eigenvalue weighted by Gasteiger charge is -2.35. The monoisotopic (exact) mass is 1880 g/mol. The highest BCUT2D eigenvalue weighted by Crippen LogP contribution is 2.35. The van der Waals surface area contributed by atoms with Gasteiger partial charge in [-0.3, -0.25) is 43.2 Å². The van der Waals surface area contributed by atoms with Crippen LogP contribution in [0.2, 0.25) is 0 Å². The van der Waals surface area contributed by atoms with Crippen LogP contribution in [0.25, 0.3) is 0 Å². The van der Waals surface area contributed by atoms with E-state index in [1.54, 1.807) is 58.9 Å². The predicted octanol–water partition coefficient (Wildman–Crippen LogP) is 21.4. The van der Waals surface area contributed by atoms with Gasteiger partial charge >= 0.3 is 12.4 Å². The van der Waals surface area contributed by atoms with Gasteiger partial charge in [0.2, 0.25) is 53.2 Å². The SMILES string of the molecule is C.CC(=O)N1CCC(C)(F)C1.CC(=O)N1CCC(F)C1.CC(C)(C)C(=O)N1CCC(F)(F)CC1.CC(C)(C)C(=O)N1CCCC1.CC(C)(C)C(=O)N1CCOCC1.CC(C)(C)C(=O)NC1CC1.CC(C)(C)C(=O)NCC(F)(F)F.CC(C)(C)C(=O)NCc1ccccc1C(F)(F)F.CC(C)(C)c1ccc(F)cc1.CCN(CC)C(=O)C(C)(C)C.COc1ccccc1C(C)(C)C. The van der Waals surface area contributed by atoms with Crippen molar-refractivity contribution < 1.29 is 101 Å². The molecule has 2 atom stereocenters. The molecule has 2 unspecified atom stereocenters. The molecule has 9 rings (SSSR count). The molecule has 3 aromatic rings. The first-order valence-corrected chi connectivity index (χ1v) is 45.2.